The van der Waals surface area contributed by atoms with E-state index in [-0.39, 0.29) is 0 Å². The molecule has 0 radical (unpaired) electrons. The Morgan fingerprint density at radius 3 is 2.71 bits per heavy atom. The predicted octanol–water partition coefficient (Wildman–Crippen LogP) is 2.58. The van der Waals surface area contributed by atoms with Crippen molar-refractivity contribution >= 4 is 0 Å². The van der Waals surface area contributed by atoms with Gasteiger partial charge in [0.2, 0.25) is 0 Å². The van der Waals surface area contributed by atoms with Gasteiger partial charge in [-0.3, -0.25) is 0 Å². The highest BCUT2D eigenvalue weighted by molar-refractivity contribution is 4.68. The molecular formula is C12H25NO. The van der Waals surface area contributed by atoms with Gasteiger partial charge in [0, 0.05) is 0 Å². The van der Waals surface area contributed by atoms with E-state index >= 15 is 0 Å². The topological polar surface area (TPSA) is 21.3 Å². The van der Waals surface area contributed by atoms with Crippen LogP contribution >= 0.6 is 0 Å². The summed E-state index contributed by atoms with van der Waals surface area (Å²) >= 11 is 0. The van der Waals surface area contributed by atoms with Gasteiger partial charge in [-0.25, -0.2) is 0 Å². The zero-order valence-corrected chi connectivity index (χ0v) is 9.88. The minimum absolute atomic E-state index is 0.429. The number of nitrogens with one attached hydrogen (secondary N) is 1. The van der Waals surface area contributed by atoms with Gasteiger partial charge in [-0.2, -0.15) is 0 Å². The largest absolute Gasteiger partial charge is 0.375 e. The van der Waals surface area contributed by atoms with Gasteiger partial charge in [0.1, 0.15) is 0 Å². The third-order valence-corrected chi connectivity index (χ3v) is 2.75. The summed E-state index contributed by atoms with van der Waals surface area (Å²) in [5, 5.41) is 3.41. The molecule has 2 nitrogen and oxygen atoms in total. The van der Waals surface area contributed by atoms with Crippen molar-refractivity contribution < 1.29 is 4.74 Å². The van der Waals surface area contributed by atoms with Gasteiger partial charge in [-0.05, 0) is 51.6 Å². The van der Waals surface area contributed by atoms with Crippen molar-refractivity contribution in [1.29, 1.82) is 0 Å². The van der Waals surface area contributed by atoms with Gasteiger partial charge in [0.15, 0.2) is 0 Å². The lowest BCUT2D eigenvalue weighted by molar-refractivity contribution is -0.0171. The van der Waals surface area contributed by atoms with Crippen molar-refractivity contribution in [3.8, 4) is 0 Å². The van der Waals surface area contributed by atoms with E-state index in [1.807, 2.05) is 0 Å². The first-order chi connectivity index (χ1) is 6.68. The smallest absolute Gasteiger partial charge is 0.0591 e. The van der Waals surface area contributed by atoms with Gasteiger partial charge in [0.25, 0.3) is 0 Å². The molecule has 0 aromatic heterocycles. The molecule has 2 atom stereocenters. The highest BCUT2D eigenvalue weighted by Crippen LogP contribution is 2.15. The molecule has 1 aliphatic rings. The van der Waals surface area contributed by atoms with E-state index in [4.69, 9.17) is 4.74 Å². The van der Waals surface area contributed by atoms with E-state index in [0.29, 0.717) is 12.2 Å². The zero-order valence-electron chi connectivity index (χ0n) is 9.88. The van der Waals surface area contributed by atoms with Crippen molar-refractivity contribution in [1.82, 2.24) is 5.32 Å². The Balaban J connectivity index is 2.20. The van der Waals surface area contributed by atoms with Crippen molar-refractivity contribution in [3.63, 3.8) is 0 Å². The third kappa shape index (κ3) is 4.97. The molecule has 84 valence electrons. The first kappa shape index (κ1) is 12.0. The summed E-state index contributed by atoms with van der Waals surface area (Å²) in [6.45, 7) is 9.01. The molecule has 2 heteroatoms. The lowest BCUT2D eigenvalue weighted by atomic mass is 10.1. The van der Waals surface area contributed by atoms with Crippen molar-refractivity contribution in [3.05, 3.63) is 0 Å². The summed E-state index contributed by atoms with van der Waals surface area (Å²) in [5.74, 6) is 0.744. The third-order valence-electron chi connectivity index (χ3n) is 2.75. The second-order valence-electron chi connectivity index (χ2n) is 4.88. The Labute approximate surface area is 88.4 Å². The van der Waals surface area contributed by atoms with Crippen LogP contribution in [0.25, 0.3) is 0 Å². The zero-order chi connectivity index (χ0) is 10.4. The van der Waals surface area contributed by atoms with Crippen molar-refractivity contribution in [2.75, 3.05) is 13.1 Å². The van der Waals surface area contributed by atoms with Gasteiger partial charge in [-0.15, -0.1) is 0 Å². The summed E-state index contributed by atoms with van der Waals surface area (Å²) in [7, 11) is 0. The molecule has 14 heavy (non-hydrogen) atoms. The van der Waals surface area contributed by atoms with E-state index in [2.05, 4.69) is 26.1 Å². The fourth-order valence-corrected chi connectivity index (χ4v) is 2.17. The molecule has 0 amide bonds. The minimum atomic E-state index is 0.429. The van der Waals surface area contributed by atoms with Crippen LogP contribution in [0.1, 0.15) is 46.5 Å². The van der Waals surface area contributed by atoms with Crippen LogP contribution in [0.15, 0.2) is 0 Å². The van der Waals surface area contributed by atoms with Crippen LogP contribution in [0.3, 0.4) is 0 Å². The fraction of sp³-hybridized carbons (Fsp3) is 1.00. The molecule has 0 aliphatic carbocycles. The van der Waals surface area contributed by atoms with Crippen LogP contribution in [0, 0.1) is 5.92 Å². The molecule has 2 unspecified atom stereocenters. The molecular weight excluding hydrogens is 174 g/mol. The maximum atomic E-state index is 6.04. The van der Waals surface area contributed by atoms with Gasteiger partial charge in [0.05, 0.1) is 12.2 Å². The van der Waals surface area contributed by atoms with Crippen LogP contribution in [-0.2, 0) is 4.74 Å². The Bertz CT molecular complexity index is 139. The van der Waals surface area contributed by atoms with Crippen molar-refractivity contribution in [2.24, 2.45) is 5.92 Å². The van der Waals surface area contributed by atoms with Gasteiger partial charge < -0.3 is 10.1 Å². The van der Waals surface area contributed by atoms with E-state index in [1.54, 1.807) is 0 Å². The molecule has 0 aromatic carbocycles. The quantitative estimate of drug-likeness (QED) is 0.751. The molecule has 0 spiro atoms. The average molecular weight is 199 g/mol. The molecule has 1 heterocycles. The highest BCUT2D eigenvalue weighted by atomic mass is 16.5. The standard InChI is InChI=1S/C12H25NO/c1-10(2)9-11(3)14-12-5-4-7-13-8-6-12/h10-13H,4-9H2,1-3H3. The van der Waals surface area contributed by atoms with Crippen LogP contribution in [0.2, 0.25) is 0 Å². The second-order valence-corrected chi connectivity index (χ2v) is 4.88. The van der Waals surface area contributed by atoms with E-state index in [9.17, 15) is 0 Å². The van der Waals surface area contributed by atoms with Crippen LogP contribution in [0.5, 0.6) is 0 Å². The summed E-state index contributed by atoms with van der Waals surface area (Å²) in [5.41, 5.74) is 0. The fourth-order valence-electron chi connectivity index (χ4n) is 2.17. The number of ether oxygens (including phenoxy) is 1. The van der Waals surface area contributed by atoms with E-state index < -0.39 is 0 Å². The molecule has 0 bridgehead atoms. The molecule has 0 aromatic rings. The summed E-state index contributed by atoms with van der Waals surface area (Å²) < 4.78 is 6.04. The Hall–Kier alpha value is -0.0800. The summed E-state index contributed by atoms with van der Waals surface area (Å²) in [6.07, 6.45) is 5.79. The first-order valence-electron chi connectivity index (χ1n) is 6.04. The maximum Gasteiger partial charge on any atom is 0.0591 e. The highest BCUT2D eigenvalue weighted by Gasteiger charge is 2.15. The molecule has 1 aliphatic heterocycles. The Morgan fingerprint density at radius 2 is 2.00 bits per heavy atom. The van der Waals surface area contributed by atoms with Crippen LogP contribution < -0.4 is 5.32 Å². The van der Waals surface area contributed by atoms with Crippen molar-refractivity contribution in [2.45, 2.75) is 58.7 Å². The predicted molar refractivity (Wildman–Crippen MR) is 60.5 cm³/mol. The maximum absolute atomic E-state index is 6.04. The number of rotatable bonds is 4. The van der Waals surface area contributed by atoms with Gasteiger partial charge in [-0.1, -0.05) is 13.8 Å². The number of hydrogen-bond acceptors (Lipinski definition) is 2. The summed E-state index contributed by atoms with van der Waals surface area (Å²) in [6, 6.07) is 0. The number of hydrogen-bond donors (Lipinski definition) is 1. The van der Waals surface area contributed by atoms with Crippen LogP contribution in [-0.4, -0.2) is 25.3 Å². The SMILES string of the molecule is CC(C)CC(C)OC1CCCNCC1. The molecule has 1 fully saturated rings. The lowest BCUT2D eigenvalue weighted by Crippen LogP contribution is -2.22. The first-order valence-corrected chi connectivity index (χ1v) is 6.04. The Kier molecular flexibility index (Phi) is 5.49. The average Bonchev–Trinajstić information content (AvgIpc) is 2.31. The normalized spacial score (nSPS) is 26.1. The molecule has 1 rings (SSSR count). The minimum Gasteiger partial charge on any atom is -0.375 e. The molecule has 1 saturated heterocycles. The van der Waals surface area contributed by atoms with E-state index in [0.717, 1.165) is 12.5 Å². The Morgan fingerprint density at radius 1 is 1.21 bits per heavy atom. The molecule has 0 saturated carbocycles. The summed E-state index contributed by atoms with van der Waals surface area (Å²) in [4.78, 5) is 0. The van der Waals surface area contributed by atoms with E-state index in [1.165, 1.54) is 32.2 Å². The van der Waals surface area contributed by atoms with Gasteiger partial charge >= 0.3 is 0 Å². The van der Waals surface area contributed by atoms with Crippen LogP contribution in [0.4, 0.5) is 0 Å². The lowest BCUT2D eigenvalue weighted by Gasteiger charge is -2.22. The molecule has 1 N–H and O–H groups in total. The second kappa shape index (κ2) is 6.41. The monoisotopic (exact) mass is 199 g/mol.